The van der Waals surface area contributed by atoms with E-state index in [4.69, 9.17) is 4.52 Å². The fourth-order valence-corrected chi connectivity index (χ4v) is 1.86. The summed E-state index contributed by atoms with van der Waals surface area (Å²) in [5, 5.41) is 5.27. The van der Waals surface area contributed by atoms with Crippen LogP contribution in [0, 0.1) is 0 Å². The normalized spacial score (nSPS) is 12.3. The van der Waals surface area contributed by atoms with Gasteiger partial charge in [0.25, 0.3) is 0 Å². The minimum atomic E-state index is 0.101. The van der Waals surface area contributed by atoms with Gasteiger partial charge in [0.05, 0.1) is 5.69 Å². The molecule has 0 radical (unpaired) electrons. The summed E-state index contributed by atoms with van der Waals surface area (Å²) in [6.45, 7) is 8.67. The third-order valence-electron chi connectivity index (χ3n) is 2.72. The van der Waals surface area contributed by atoms with E-state index in [9.17, 15) is 0 Å². The first kappa shape index (κ1) is 10.2. The molecule has 1 heterocycles. The summed E-state index contributed by atoms with van der Waals surface area (Å²) in [6, 6.07) is 6.28. The maximum atomic E-state index is 5.45. The molecule has 0 fully saturated rings. The maximum Gasteiger partial charge on any atom is 0.170 e. The lowest BCUT2D eigenvalue weighted by Crippen LogP contribution is -2.11. The van der Waals surface area contributed by atoms with Crippen molar-refractivity contribution >= 4 is 11.0 Å². The van der Waals surface area contributed by atoms with Crippen LogP contribution in [0.25, 0.3) is 11.0 Å². The van der Waals surface area contributed by atoms with E-state index in [1.807, 2.05) is 0 Å². The zero-order valence-corrected chi connectivity index (χ0v) is 9.79. The molecule has 80 valence electrons. The second-order valence-electron chi connectivity index (χ2n) is 4.92. The summed E-state index contributed by atoms with van der Waals surface area (Å²) in [5.74, 6) is 0. The monoisotopic (exact) mass is 203 g/mol. The number of benzene rings is 1. The van der Waals surface area contributed by atoms with Crippen molar-refractivity contribution < 1.29 is 4.52 Å². The number of hydrogen-bond donors (Lipinski definition) is 0. The van der Waals surface area contributed by atoms with Crippen molar-refractivity contribution in [2.75, 3.05) is 0 Å². The van der Waals surface area contributed by atoms with Crippen molar-refractivity contribution in [2.45, 2.75) is 39.5 Å². The third kappa shape index (κ3) is 1.65. The van der Waals surface area contributed by atoms with Gasteiger partial charge in [0.2, 0.25) is 0 Å². The molecule has 2 aromatic rings. The van der Waals surface area contributed by atoms with Gasteiger partial charge >= 0.3 is 0 Å². The highest BCUT2D eigenvalue weighted by Crippen LogP contribution is 2.31. The Kier molecular flexibility index (Phi) is 2.29. The molecular weight excluding hydrogens is 186 g/mol. The van der Waals surface area contributed by atoms with Gasteiger partial charge in [0.1, 0.15) is 0 Å². The van der Waals surface area contributed by atoms with Gasteiger partial charge < -0.3 is 4.52 Å². The molecule has 0 aliphatic carbocycles. The van der Waals surface area contributed by atoms with Crippen molar-refractivity contribution in [3.63, 3.8) is 0 Å². The van der Waals surface area contributed by atoms with Crippen LogP contribution in [-0.2, 0) is 11.8 Å². The van der Waals surface area contributed by atoms with Gasteiger partial charge in [-0.25, -0.2) is 0 Å². The number of aryl methyl sites for hydroxylation is 1. The number of rotatable bonds is 1. The smallest absolute Gasteiger partial charge is 0.170 e. The van der Waals surface area contributed by atoms with Crippen molar-refractivity contribution in [1.82, 2.24) is 5.16 Å². The van der Waals surface area contributed by atoms with Gasteiger partial charge in [0, 0.05) is 10.9 Å². The average molecular weight is 203 g/mol. The van der Waals surface area contributed by atoms with Crippen LogP contribution in [0.1, 0.15) is 39.0 Å². The summed E-state index contributed by atoms with van der Waals surface area (Å²) in [5.41, 5.74) is 3.33. The number of nitrogens with zero attached hydrogens (tertiary/aromatic N) is 1. The Morgan fingerprint density at radius 3 is 2.60 bits per heavy atom. The number of fused-ring (bicyclic) bond motifs is 1. The molecule has 0 N–H and O–H groups in total. The van der Waals surface area contributed by atoms with Gasteiger partial charge in [-0.05, 0) is 17.9 Å². The zero-order chi connectivity index (χ0) is 11.1. The summed E-state index contributed by atoms with van der Waals surface area (Å²) in [4.78, 5) is 0. The summed E-state index contributed by atoms with van der Waals surface area (Å²) >= 11 is 0. The summed E-state index contributed by atoms with van der Waals surface area (Å²) in [7, 11) is 0. The molecule has 0 saturated heterocycles. The second kappa shape index (κ2) is 3.37. The van der Waals surface area contributed by atoms with Crippen LogP contribution in [0.4, 0.5) is 0 Å². The van der Waals surface area contributed by atoms with Gasteiger partial charge in [-0.2, -0.15) is 0 Å². The minimum Gasteiger partial charge on any atom is -0.356 e. The van der Waals surface area contributed by atoms with Crippen LogP contribution in [0.3, 0.4) is 0 Å². The highest BCUT2D eigenvalue weighted by Gasteiger charge is 2.20. The molecule has 0 saturated carbocycles. The first-order valence-corrected chi connectivity index (χ1v) is 5.41. The van der Waals surface area contributed by atoms with Crippen molar-refractivity contribution in [3.05, 3.63) is 29.5 Å². The molecule has 0 atom stereocenters. The Bertz CT molecular complexity index is 477. The van der Waals surface area contributed by atoms with Gasteiger partial charge in [-0.15, -0.1) is 0 Å². The lowest BCUT2D eigenvalue weighted by molar-refractivity contribution is 0.438. The molecule has 0 aliphatic heterocycles. The van der Waals surface area contributed by atoms with E-state index in [-0.39, 0.29) is 5.41 Å². The van der Waals surface area contributed by atoms with Crippen LogP contribution < -0.4 is 0 Å². The average Bonchev–Trinajstić information content (AvgIpc) is 2.58. The first-order valence-electron chi connectivity index (χ1n) is 5.41. The largest absolute Gasteiger partial charge is 0.356 e. The van der Waals surface area contributed by atoms with E-state index in [1.54, 1.807) is 0 Å². The minimum absolute atomic E-state index is 0.101. The molecular formula is C13H17NO. The van der Waals surface area contributed by atoms with E-state index >= 15 is 0 Å². The van der Waals surface area contributed by atoms with Gasteiger partial charge in [-0.1, -0.05) is 45.0 Å². The lowest BCUT2D eigenvalue weighted by atomic mass is 9.86. The molecule has 0 unspecified atom stereocenters. The van der Waals surface area contributed by atoms with E-state index in [0.717, 1.165) is 23.1 Å². The lowest BCUT2D eigenvalue weighted by Gasteiger charge is -2.18. The maximum absolute atomic E-state index is 5.45. The quantitative estimate of drug-likeness (QED) is 0.706. The molecule has 0 aliphatic rings. The third-order valence-corrected chi connectivity index (χ3v) is 2.72. The van der Waals surface area contributed by atoms with Gasteiger partial charge in [-0.3, -0.25) is 0 Å². The number of aromatic nitrogens is 1. The Balaban J connectivity index is 2.73. The predicted molar refractivity (Wildman–Crippen MR) is 62.1 cm³/mol. The number of hydrogen-bond acceptors (Lipinski definition) is 2. The van der Waals surface area contributed by atoms with Crippen molar-refractivity contribution in [3.8, 4) is 0 Å². The first-order chi connectivity index (χ1) is 7.04. The SMILES string of the molecule is CCc1noc2c(C(C)(C)C)cccc12. The van der Waals surface area contributed by atoms with Crippen molar-refractivity contribution in [1.29, 1.82) is 0 Å². The van der Waals surface area contributed by atoms with Crippen LogP contribution in [-0.4, -0.2) is 5.16 Å². The fraction of sp³-hybridized carbons (Fsp3) is 0.462. The molecule has 2 rings (SSSR count). The van der Waals surface area contributed by atoms with E-state index < -0.39 is 0 Å². The predicted octanol–water partition coefficient (Wildman–Crippen LogP) is 3.69. The molecule has 2 nitrogen and oxygen atoms in total. The standard InChI is InChI=1S/C13H17NO/c1-5-11-9-7-6-8-10(13(2,3)4)12(9)15-14-11/h6-8H,5H2,1-4H3. The highest BCUT2D eigenvalue weighted by molar-refractivity contribution is 5.83. The van der Waals surface area contributed by atoms with Crippen LogP contribution in [0.15, 0.2) is 22.7 Å². The Labute approximate surface area is 90.3 Å². The molecule has 1 aromatic heterocycles. The van der Waals surface area contributed by atoms with E-state index in [1.165, 1.54) is 5.56 Å². The Morgan fingerprint density at radius 1 is 1.27 bits per heavy atom. The second-order valence-corrected chi connectivity index (χ2v) is 4.92. The molecule has 0 amide bonds. The molecule has 15 heavy (non-hydrogen) atoms. The Hall–Kier alpha value is -1.31. The van der Waals surface area contributed by atoms with E-state index in [0.29, 0.717) is 0 Å². The molecule has 1 aromatic carbocycles. The van der Waals surface area contributed by atoms with E-state index in [2.05, 4.69) is 51.1 Å². The summed E-state index contributed by atoms with van der Waals surface area (Å²) < 4.78 is 5.45. The summed E-state index contributed by atoms with van der Waals surface area (Å²) in [6.07, 6.45) is 0.917. The Morgan fingerprint density at radius 2 is 2.00 bits per heavy atom. The highest BCUT2D eigenvalue weighted by atomic mass is 16.5. The molecule has 0 bridgehead atoms. The topological polar surface area (TPSA) is 26.0 Å². The fourth-order valence-electron chi connectivity index (χ4n) is 1.86. The van der Waals surface area contributed by atoms with Crippen LogP contribution >= 0.6 is 0 Å². The zero-order valence-electron chi connectivity index (χ0n) is 9.79. The molecule has 0 spiro atoms. The van der Waals surface area contributed by atoms with Crippen LogP contribution in [0.2, 0.25) is 0 Å². The molecule has 2 heteroatoms. The van der Waals surface area contributed by atoms with Gasteiger partial charge in [0.15, 0.2) is 5.58 Å². The van der Waals surface area contributed by atoms with Crippen LogP contribution in [0.5, 0.6) is 0 Å². The van der Waals surface area contributed by atoms with Crippen molar-refractivity contribution in [2.24, 2.45) is 0 Å². The number of para-hydroxylation sites is 1.